The van der Waals surface area contributed by atoms with Crippen LogP contribution in [0.4, 0.5) is 10.1 Å². The molecule has 0 aliphatic heterocycles. The first-order valence-electron chi connectivity index (χ1n) is 5.05. The highest BCUT2D eigenvalue weighted by Crippen LogP contribution is 2.31. The molecule has 1 heterocycles. The van der Waals surface area contributed by atoms with Crippen LogP contribution < -0.4 is 5.32 Å². The molecule has 0 radical (unpaired) electrons. The molecule has 0 aliphatic rings. The van der Waals surface area contributed by atoms with Crippen molar-refractivity contribution in [2.75, 3.05) is 5.32 Å². The number of rotatable bonds is 3. The molecule has 0 aliphatic carbocycles. The third-order valence-electron chi connectivity index (χ3n) is 2.34. The van der Waals surface area contributed by atoms with Crippen LogP contribution in [0.1, 0.15) is 5.56 Å². The fourth-order valence-electron chi connectivity index (χ4n) is 1.40. The molecule has 2 aromatic rings. The van der Waals surface area contributed by atoms with Crippen molar-refractivity contribution < 1.29 is 4.39 Å². The lowest BCUT2D eigenvalue weighted by atomic mass is 10.2. The molecular weight excluding hydrogens is 298 g/mol. The van der Waals surface area contributed by atoms with Gasteiger partial charge >= 0.3 is 0 Å². The topological polar surface area (TPSA) is 24.9 Å². The maximum atomic E-state index is 12.6. The third-order valence-corrected chi connectivity index (χ3v) is 3.53. The van der Waals surface area contributed by atoms with Gasteiger partial charge in [0, 0.05) is 17.1 Å². The predicted molar refractivity (Wildman–Crippen MR) is 73.0 cm³/mol. The van der Waals surface area contributed by atoms with E-state index in [0.29, 0.717) is 32.9 Å². The van der Waals surface area contributed by atoms with Crippen molar-refractivity contribution in [2.24, 2.45) is 0 Å². The Kier molecular flexibility index (Phi) is 4.27. The lowest BCUT2D eigenvalue weighted by molar-refractivity contribution is 0.584. The minimum absolute atomic E-state index is 0.380. The molecule has 0 amide bonds. The summed E-state index contributed by atoms with van der Waals surface area (Å²) in [7, 11) is 0. The number of pyridine rings is 1. The van der Waals surface area contributed by atoms with E-state index in [1.165, 1.54) is 12.3 Å². The van der Waals surface area contributed by atoms with E-state index in [4.69, 9.17) is 34.8 Å². The van der Waals surface area contributed by atoms with Gasteiger partial charge in [0.15, 0.2) is 0 Å². The second kappa shape index (κ2) is 5.74. The summed E-state index contributed by atoms with van der Waals surface area (Å²) in [4.78, 5) is 3.53. The van der Waals surface area contributed by atoms with Crippen molar-refractivity contribution in [1.29, 1.82) is 0 Å². The molecule has 1 aromatic carbocycles. The zero-order valence-electron chi connectivity index (χ0n) is 9.05. The summed E-state index contributed by atoms with van der Waals surface area (Å²) in [5.41, 5.74) is 1.36. The predicted octanol–water partition coefficient (Wildman–Crippen LogP) is 4.79. The van der Waals surface area contributed by atoms with Crippen LogP contribution in [0.5, 0.6) is 0 Å². The van der Waals surface area contributed by atoms with Crippen LogP contribution in [0, 0.1) is 5.95 Å². The molecular formula is C12H8Cl3FN2. The van der Waals surface area contributed by atoms with Crippen LogP contribution in [0.15, 0.2) is 30.5 Å². The smallest absolute Gasteiger partial charge is 0.212 e. The second-order valence-electron chi connectivity index (χ2n) is 3.54. The van der Waals surface area contributed by atoms with Gasteiger partial charge in [-0.1, -0.05) is 34.8 Å². The molecule has 0 spiro atoms. The Labute approximate surface area is 119 Å². The highest BCUT2D eigenvalue weighted by Gasteiger charge is 2.09. The van der Waals surface area contributed by atoms with E-state index < -0.39 is 5.95 Å². The van der Waals surface area contributed by atoms with Crippen molar-refractivity contribution in [2.45, 2.75) is 6.54 Å². The van der Waals surface area contributed by atoms with Gasteiger partial charge in [0.2, 0.25) is 5.95 Å². The van der Waals surface area contributed by atoms with E-state index in [9.17, 15) is 4.39 Å². The summed E-state index contributed by atoms with van der Waals surface area (Å²) in [5.74, 6) is -0.528. The van der Waals surface area contributed by atoms with E-state index in [-0.39, 0.29) is 0 Å². The van der Waals surface area contributed by atoms with Crippen molar-refractivity contribution in [3.05, 3.63) is 57.0 Å². The Morgan fingerprint density at radius 2 is 1.78 bits per heavy atom. The minimum atomic E-state index is -0.528. The average molecular weight is 306 g/mol. The molecule has 0 bridgehead atoms. The molecule has 0 fully saturated rings. The number of anilines is 1. The summed E-state index contributed by atoms with van der Waals surface area (Å²) in [6.07, 6.45) is 1.39. The molecule has 0 saturated carbocycles. The molecule has 18 heavy (non-hydrogen) atoms. The molecule has 94 valence electrons. The van der Waals surface area contributed by atoms with Gasteiger partial charge in [0.25, 0.3) is 0 Å². The van der Waals surface area contributed by atoms with Gasteiger partial charge in [-0.2, -0.15) is 4.39 Å². The minimum Gasteiger partial charge on any atom is -0.380 e. The number of benzene rings is 1. The SMILES string of the molecule is Fc1ccc(NCc2c(Cl)ccc(Cl)c2Cl)cn1. The molecule has 2 rings (SSSR count). The van der Waals surface area contributed by atoms with Crippen LogP contribution in [0.3, 0.4) is 0 Å². The fourth-order valence-corrected chi connectivity index (χ4v) is 2.08. The van der Waals surface area contributed by atoms with Gasteiger partial charge in [-0.3, -0.25) is 0 Å². The quantitative estimate of drug-likeness (QED) is 0.651. The van der Waals surface area contributed by atoms with Gasteiger partial charge in [0.1, 0.15) is 0 Å². The lowest BCUT2D eigenvalue weighted by Gasteiger charge is -2.10. The van der Waals surface area contributed by atoms with E-state index in [2.05, 4.69) is 10.3 Å². The van der Waals surface area contributed by atoms with E-state index >= 15 is 0 Å². The van der Waals surface area contributed by atoms with E-state index in [1.807, 2.05) is 0 Å². The maximum absolute atomic E-state index is 12.6. The third kappa shape index (κ3) is 3.05. The van der Waals surface area contributed by atoms with Gasteiger partial charge in [0.05, 0.1) is 21.9 Å². The van der Waals surface area contributed by atoms with Crippen LogP contribution in [0.25, 0.3) is 0 Å². The van der Waals surface area contributed by atoms with Gasteiger partial charge < -0.3 is 5.32 Å². The number of aromatic nitrogens is 1. The lowest BCUT2D eigenvalue weighted by Crippen LogP contribution is -2.01. The first-order valence-corrected chi connectivity index (χ1v) is 6.19. The van der Waals surface area contributed by atoms with E-state index in [1.54, 1.807) is 18.2 Å². The molecule has 1 N–H and O–H groups in total. The molecule has 0 unspecified atom stereocenters. The van der Waals surface area contributed by atoms with Crippen molar-refractivity contribution in [1.82, 2.24) is 4.98 Å². The Morgan fingerprint density at radius 3 is 2.44 bits per heavy atom. The van der Waals surface area contributed by atoms with Gasteiger partial charge in [-0.05, 0) is 24.3 Å². The first-order chi connectivity index (χ1) is 8.58. The van der Waals surface area contributed by atoms with Crippen molar-refractivity contribution in [3.63, 3.8) is 0 Å². The normalized spacial score (nSPS) is 10.4. The highest BCUT2D eigenvalue weighted by atomic mass is 35.5. The molecule has 6 heteroatoms. The van der Waals surface area contributed by atoms with Gasteiger partial charge in [-0.25, -0.2) is 4.98 Å². The van der Waals surface area contributed by atoms with Crippen molar-refractivity contribution >= 4 is 40.5 Å². The summed E-state index contributed by atoms with van der Waals surface area (Å²) >= 11 is 18.0. The summed E-state index contributed by atoms with van der Waals surface area (Å²) in [6.45, 7) is 0.380. The Hall–Kier alpha value is -1.03. The maximum Gasteiger partial charge on any atom is 0.212 e. The van der Waals surface area contributed by atoms with Crippen LogP contribution in [0.2, 0.25) is 15.1 Å². The Morgan fingerprint density at radius 1 is 1.06 bits per heavy atom. The first kappa shape index (κ1) is 13.4. The summed E-state index contributed by atoms with van der Waals surface area (Å²) < 4.78 is 12.6. The number of hydrogen-bond donors (Lipinski definition) is 1. The molecule has 2 nitrogen and oxygen atoms in total. The average Bonchev–Trinajstić information content (AvgIpc) is 2.36. The second-order valence-corrected chi connectivity index (χ2v) is 4.74. The number of hydrogen-bond acceptors (Lipinski definition) is 2. The number of nitrogens with one attached hydrogen (secondary N) is 1. The summed E-state index contributed by atoms with van der Waals surface area (Å²) in [5, 5.41) is 4.41. The van der Waals surface area contributed by atoms with Crippen molar-refractivity contribution in [3.8, 4) is 0 Å². The Bertz CT molecular complexity index is 558. The number of nitrogens with zero attached hydrogens (tertiary/aromatic N) is 1. The van der Waals surface area contributed by atoms with E-state index in [0.717, 1.165) is 0 Å². The van der Waals surface area contributed by atoms with Crippen LogP contribution >= 0.6 is 34.8 Å². The number of halogens is 4. The largest absolute Gasteiger partial charge is 0.380 e. The summed E-state index contributed by atoms with van der Waals surface area (Å²) in [6, 6.07) is 6.16. The van der Waals surface area contributed by atoms with Crippen LogP contribution in [-0.4, -0.2) is 4.98 Å². The van der Waals surface area contributed by atoms with Crippen LogP contribution in [-0.2, 0) is 6.54 Å². The molecule has 0 saturated heterocycles. The monoisotopic (exact) mass is 304 g/mol. The van der Waals surface area contributed by atoms with Gasteiger partial charge in [-0.15, -0.1) is 0 Å². The standard InChI is InChI=1S/C12H8Cl3FN2/c13-9-2-3-10(14)12(15)8(9)6-17-7-1-4-11(16)18-5-7/h1-5,17H,6H2. The molecule has 0 atom stereocenters. The highest BCUT2D eigenvalue weighted by molar-refractivity contribution is 6.44. The fraction of sp³-hybridized carbons (Fsp3) is 0.0833. The molecule has 1 aromatic heterocycles. The zero-order valence-corrected chi connectivity index (χ0v) is 11.3. The Balaban J connectivity index is 2.15. The zero-order chi connectivity index (χ0) is 13.1.